The van der Waals surface area contributed by atoms with Crippen LogP contribution in [0.5, 0.6) is 0 Å². The summed E-state index contributed by atoms with van der Waals surface area (Å²) in [5.41, 5.74) is 1.08. The maximum Gasteiger partial charge on any atom is 0.692 e. The molecule has 3 N–H and O–H groups in total. The van der Waals surface area contributed by atoms with Gasteiger partial charge in [0.05, 0.1) is 0 Å². The Morgan fingerprint density at radius 1 is 1.20 bits per heavy atom. The molecule has 0 spiro atoms. The fourth-order valence-corrected chi connectivity index (χ4v) is 0.896. The van der Waals surface area contributed by atoms with Gasteiger partial charge in [-0.3, -0.25) is 4.79 Å². The van der Waals surface area contributed by atoms with Crippen molar-refractivity contribution in [2.75, 3.05) is 0 Å². The van der Waals surface area contributed by atoms with Crippen LogP contribution < -0.4 is 0 Å². The van der Waals surface area contributed by atoms with Crippen molar-refractivity contribution in [3.8, 4) is 0 Å². The van der Waals surface area contributed by atoms with E-state index in [2.05, 4.69) is 0 Å². The molecule has 1 rings (SSSR count). The number of rotatable bonds is 3. The van der Waals surface area contributed by atoms with Crippen LogP contribution in [0.2, 0.25) is 0 Å². The van der Waals surface area contributed by atoms with Gasteiger partial charge in [0.25, 0.3) is 0 Å². The fourth-order valence-electron chi connectivity index (χ4n) is 0.896. The van der Waals surface area contributed by atoms with Crippen LogP contribution in [0, 0.1) is 0 Å². The molecule has 0 bridgehead atoms. The lowest BCUT2D eigenvalue weighted by Gasteiger charge is -1.95. The van der Waals surface area contributed by atoms with Gasteiger partial charge in [-0.25, -0.2) is 0 Å². The molecule has 0 amide bonds. The maximum absolute atomic E-state index is 10.2. The van der Waals surface area contributed by atoms with Crippen molar-refractivity contribution in [2.45, 2.75) is 12.8 Å². The predicted molar refractivity (Wildman–Crippen MR) is 54.4 cm³/mol. The summed E-state index contributed by atoms with van der Waals surface area (Å²) in [6.07, 6.45) is 0.834. The fraction of sp³-hybridized carbons (Fsp3) is 0.222. The number of carbonyl (C=O) groups is 1. The van der Waals surface area contributed by atoms with Gasteiger partial charge in [0.1, 0.15) is 0 Å². The molecule has 5 nitrogen and oxygen atoms in total. The predicted octanol–water partition coefficient (Wildman–Crippen LogP) is 1.33. The lowest BCUT2D eigenvalue weighted by molar-refractivity contribution is -0.136. The first kappa shape index (κ1) is 13.7. The Labute approximate surface area is 88.0 Å². The van der Waals surface area contributed by atoms with Crippen LogP contribution in [0.4, 0.5) is 0 Å². The highest BCUT2D eigenvalue weighted by Gasteiger charge is 1.96. The van der Waals surface area contributed by atoms with Crippen LogP contribution >= 0.6 is 8.25 Å². The second-order valence-corrected chi connectivity index (χ2v) is 3.14. The Hall–Kier alpha value is -1.29. The molecule has 1 aromatic rings. The largest absolute Gasteiger partial charge is 0.692 e. The number of benzene rings is 1. The molecule has 0 saturated heterocycles. The minimum absolute atomic E-state index is 0.212. The van der Waals surface area contributed by atoms with E-state index in [1.807, 2.05) is 30.3 Å². The SMILES string of the molecule is O=C(O)CCc1ccccc1.O=[P+](O)O. The van der Waals surface area contributed by atoms with E-state index in [-0.39, 0.29) is 6.42 Å². The van der Waals surface area contributed by atoms with Crippen LogP contribution in [0.25, 0.3) is 0 Å². The van der Waals surface area contributed by atoms with Gasteiger partial charge in [0.15, 0.2) is 0 Å². The van der Waals surface area contributed by atoms with Gasteiger partial charge in [0.2, 0.25) is 0 Å². The van der Waals surface area contributed by atoms with Crippen molar-refractivity contribution >= 4 is 14.2 Å². The van der Waals surface area contributed by atoms with E-state index in [1.165, 1.54) is 0 Å². The molecule has 0 atom stereocenters. The Balaban J connectivity index is 0.000000423. The lowest BCUT2D eigenvalue weighted by atomic mass is 10.1. The zero-order chi connectivity index (χ0) is 11.7. The van der Waals surface area contributed by atoms with Crippen LogP contribution in [-0.2, 0) is 15.8 Å². The molecule has 82 valence electrons. The summed E-state index contributed by atoms with van der Waals surface area (Å²) in [5.74, 6) is -0.742. The zero-order valence-corrected chi connectivity index (χ0v) is 8.80. The molecule has 6 heteroatoms. The van der Waals surface area contributed by atoms with Gasteiger partial charge in [-0.2, -0.15) is 0 Å². The summed E-state index contributed by atoms with van der Waals surface area (Å²) >= 11 is 0. The third kappa shape index (κ3) is 10.6. The second-order valence-electron chi connectivity index (χ2n) is 2.63. The van der Waals surface area contributed by atoms with Crippen molar-refractivity contribution in [1.82, 2.24) is 0 Å². The number of carboxylic acids is 1. The number of aliphatic carboxylic acids is 1. The first-order valence-electron chi connectivity index (χ1n) is 4.13. The van der Waals surface area contributed by atoms with Gasteiger partial charge in [-0.1, -0.05) is 30.3 Å². The molecule has 0 aliphatic rings. The smallest absolute Gasteiger partial charge is 0.481 e. The average Bonchev–Trinajstić information content (AvgIpc) is 2.15. The lowest BCUT2D eigenvalue weighted by Crippen LogP contribution is -1.96. The molecule has 0 fully saturated rings. The van der Waals surface area contributed by atoms with Crippen molar-refractivity contribution in [1.29, 1.82) is 0 Å². The number of hydrogen-bond donors (Lipinski definition) is 3. The highest BCUT2D eigenvalue weighted by Crippen LogP contribution is 2.01. The zero-order valence-electron chi connectivity index (χ0n) is 7.91. The molecule has 0 heterocycles. The van der Waals surface area contributed by atoms with Crippen LogP contribution in [0.1, 0.15) is 12.0 Å². The summed E-state index contributed by atoms with van der Waals surface area (Å²) in [6, 6.07) is 9.62. The first-order chi connectivity index (χ1) is 7.02. The Morgan fingerprint density at radius 2 is 1.67 bits per heavy atom. The van der Waals surface area contributed by atoms with Crippen molar-refractivity contribution in [3.05, 3.63) is 35.9 Å². The molecule has 0 unspecified atom stereocenters. The molecule has 0 aliphatic carbocycles. The first-order valence-corrected chi connectivity index (χ1v) is 5.29. The highest BCUT2D eigenvalue weighted by atomic mass is 31.1. The summed E-state index contributed by atoms with van der Waals surface area (Å²) in [5, 5.41) is 8.37. The number of carboxylic acid groups (broad SMARTS) is 1. The normalized spacial score (nSPS) is 8.67. The monoisotopic (exact) mass is 231 g/mol. The topological polar surface area (TPSA) is 94.8 Å². The van der Waals surface area contributed by atoms with Crippen molar-refractivity contribution in [3.63, 3.8) is 0 Å². The standard InChI is InChI=1S/C9H10O2.HO3P/c10-9(11)7-6-8-4-2-1-3-5-8;1-4(2)3/h1-5H,6-7H2,(H,10,11);(H-,1,2,3)/p+1. The summed E-state index contributed by atoms with van der Waals surface area (Å²) < 4.78 is 8.70. The molecule has 0 saturated carbocycles. The summed E-state index contributed by atoms with van der Waals surface area (Å²) in [4.78, 5) is 24.4. The third-order valence-electron chi connectivity index (χ3n) is 1.47. The van der Waals surface area contributed by atoms with Crippen LogP contribution in [-0.4, -0.2) is 20.9 Å². The van der Waals surface area contributed by atoms with E-state index in [0.29, 0.717) is 6.42 Å². The van der Waals surface area contributed by atoms with E-state index in [4.69, 9.17) is 19.5 Å². The van der Waals surface area contributed by atoms with Crippen molar-refractivity contribution < 1.29 is 24.3 Å². The third-order valence-corrected chi connectivity index (χ3v) is 1.47. The Kier molecular flexibility index (Phi) is 7.36. The minimum atomic E-state index is -2.87. The van der Waals surface area contributed by atoms with E-state index < -0.39 is 14.2 Å². The molecule has 0 radical (unpaired) electrons. The van der Waals surface area contributed by atoms with Gasteiger partial charge in [0, 0.05) is 11.0 Å². The van der Waals surface area contributed by atoms with Crippen molar-refractivity contribution in [2.24, 2.45) is 0 Å². The van der Waals surface area contributed by atoms with Gasteiger partial charge >= 0.3 is 14.2 Å². The van der Waals surface area contributed by atoms with E-state index in [1.54, 1.807) is 0 Å². The van der Waals surface area contributed by atoms with Crippen LogP contribution in [0.15, 0.2) is 30.3 Å². The molecular formula is C9H12O5P+. The quantitative estimate of drug-likeness (QED) is 0.682. The number of aryl methyl sites for hydroxylation is 1. The Bertz CT molecular complexity index is 308. The van der Waals surface area contributed by atoms with Gasteiger partial charge in [-0.15, -0.1) is 9.79 Å². The molecule has 0 aliphatic heterocycles. The molecule has 1 aromatic carbocycles. The minimum Gasteiger partial charge on any atom is -0.481 e. The van der Waals surface area contributed by atoms with Gasteiger partial charge in [-0.05, 0) is 12.0 Å². The second kappa shape index (κ2) is 8.05. The molecule has 0 aromatic heterocycles. The molecular weight excluding hydrogens is 219 g/mol. The maximum atomic E-state index is 10.2. The molecule has 15 heavy (non-hydrogen) atoms. The average molecular weight is 231 g/mol. The van der Waals surface area contributed by atoms with Gasteiger partial charge < -0.3 is 5.11 Å². The van der Waals surface area contributed by atoms with E-state index in [9.17, 15) is 4.79 Å². The van der Waals surface area contributed by atoms with Crippen LogP contribution in [0.3, 0.4) is 0 Å². The summed E-state index contributed by atoms with van der Waals surface area (Å²) in [7, 11) is -2.87. The highest BCUT2D eigenvalue weighted by molar-refractivity contribution is 7.30. The summed E-state index contributed by atoms with van der Waals surface area (Å²) in [6.45, 7) is 0. The number of hydrogen-bond acceptors (Lipinski definition) is 2. The Morgan fingerprint density at radius 3 is 2.07 bits per heavy atom. The van der Waals surface area contributed by atoms with E-state index >= 15 is 0 Å². The van der Waals surface area contributed by atoms with E-state index in [0.717, 1.165) is 5.56 Å².